The Hall–Kier alpha value is -3.38. The van der Waals surface area contributed by atoms with Gasteiger partial charge in [-0.2, -0.15) is 0 Å². The maximum atomic E-state index is 13.6. The molecule has 1 aliphatic carbocycles. The fourth-order valence-electron chi connectivity index (χ4n) is 5.51. The van der Waals surface area contributed by atoms with Crippen LogP contribution in [0.5, 0.6) is 0 Å². The Bertz CT molecular complexity index is 1290. The molecule has 0 bridgehead atoms. The number of aromatic nitrogens is 1. The number of aliphatic hydroxyl groups is 1. The SMILES string of the molecule is Cn1ccc(-c2ccc([C@H](C3CC3)N3CCC(CC(C)(C)O)(c4ccccc4)OC3=O)cc2)cc1=O. The number of nitrogens with zero attached hydrogens (tertiary/aromatic N) is 2. The molecule has 0 radical (unpaired) electrons. The molecule has 36 heavy (non-hydrogen) atoms. The highest BCUT2D eigenvalue weighted by molar-refractivity contribution is 5.71. The molecule has 5 rings (SSSR count). The number of ether oxygens (including phenoxy) is 1. The molecule has 1 saturated heterocycles. The molecule has 1 aromatic heterocycles. The van der Waals surface area contributed by atoms with Crippen molar-refractivity contribution in [2.75, 3.05) is 6.54 Å². The van der Waals surface area contributed by atoms with E-state index in [4.69, 9.17) is 4.74 Å². The minimum Gasteiger partial charge on any atom is -0.438 e. The second kappa shape index (κ2) is 9.25. The minimum absolute atomic E-state index is 0.0450. The van der Waals surface area contributed by atoms with Crippen LogP contribution in [0.25, 0.3) is 11.1 Å². The molecule has 2 fully saturated rings. The number of pyridine rings is 1. The van der Waals surface area contributed by atoms with E-state index in [1.165, 1.54) is 0 Å². The summed E-state index contributed by atoms with van der Waals surface area (Å²) in [5.41, 5.74) is 1.96. The number of hydrogen-bond donors (Lipinski definition) is 1. The molecule has 2 heterocycles. The third kappa shape index (κ3) is 4.96. The number of amides is 1. The summed E-state index contributed by atoms with van der Waals surface area (Å²) in [7, 11) is 1.74. The molecule has 1 N–H and O–H groups in total. The molecule has 2 aliphatic rings. The first kappa shape index (κ1) is 24.3. The number of hydrogen-bond acceptors (Lipinski definition) is 4. The largest absolute Gasteiger partial charge is 0.438 e. The van der Waals surface area contributed by atoms with Crippen LogP contribution in [-0.4, -0.2) is 32.8 Å². The molecule has 3 aromatic rings. The lowest BCUT2D eigenvalue weighted by molar-refractivity contribution is -0.103. The Labute approximate surface area is 212 Å². The zero-order valence-electron chi connectivity index (χ0n) is 21.2. The maximum absolute atomic E-state index is 13.6. The summed E-state index contributed by atoms with van der Waals surface area (Å²) >= 11 is 0. The highest BCUT2D eigenvalue weighted by atomic mass is 16.6. The number of cyclic esters (lactones) is 1. The van der Waals surface area contributed by atoms with Crippen LogP contribution in [0, 0.1) is 5.92 Å². The third-order valence-corrected chi connectivity index (χ3v) is 7.39. The monoisotopic (exact) mass is 486 g/mol. The van der Waals surface area contributed by atoms with Gasteiger partial charge in [0.2, 0.25) is 0 Å². The van der Waals surface area contributed by atoms with Gasteiger partial charge < -0.3 is 19.3 Å². The predicted octanol–water partition coefficient (Wildman–Crippen LogP) is 5.40. The lowest BCUT2D eigenvalue weighted by Crippen LogP contribution is -2.51. The average molecular weight is 487 g/mol. The van der Waals surface area contributed by atoms with Crippen LogP contribution in [0.15, 0.2) is 77.7 Å². The Balaban J connectivity index is 1.41. The van der Waals surface area contributed by atoms with E-state index in [9.17, 15) is 14.7 Å². The molecule has 6 nitrogen and oxygen atoms in total. The van der Waals surface area contributed by atoms with Crippen molar-refractivity contribution in [3.8, 4) is 11.1 Å². The standard InChI is InChI=1S/C30H34N2O4/c1-29(2,35)20-30(25-7-5-4-6-8-25)16-18-32(28(34)36-30)27(23-13-14-23)22-11-9-21(10-12-22)24-15-17-31(3)26(33)19-24/h4-12,15,17,19,23,27,35H,13-14,16,18,20H2,1-3H3/t27-,30?/m1/s1. The highest BCUT2D eigenvalue weighted by Gasteiger charge is 2.49. The van der Waals surface area contributed by atoms with Crippen LogP contribution in [0.2, 0.25) is 0 Å². The fourth-order valence-corrected chi connectivity index (χ4v) is 5.51. The van der Waals surface area contributed by atoms with Crippen LogP contribution < -0.4 is 5.56 Å². The van der Waals surface area contributed by atoms with Crippen molar-refractivity contribution < 1.29 is 14.6 Å². The molecule has 1 amide bonds. The smallest absolute Gasteiger partial charge is 0.411 e. The van der Waals surface area contributed by atoms with Crippen LogP contribution >= 0.6 is 0 Å². The zero-order chi connectivity index (χ0) is 25.5. The second-order valence-electron chi connectivity index (χ2n) is 10.9. The maximum Gasteiger partial charge on any atom is 0.411 e. The van der Waals surface area contributed by atoms with Gasteiger partial charge in [0, 0.05) is 38.7 Å². The average Bonchev–Trinajstić information content (AvgIpc) is 3.68. The summed E-state index contributed by atoms with van der Waals surface area (Å²) in [6.07, 6.45) is 4.55. The van der Waals surface area contributed by atoms with Crippen molar-refractivity contribution >= 4 is 6.09 Å². The Kier molecular flexibility index (Phi) is 6.25. The van der Waals surface area contributed by atoms with Gasteiger partial charge in [0.05, 0.1) is 11.6 Å². The van der Waals surface area contributed by atoms with Crippen LogP contribution in [0.3, 0.4) is 0 Å². The number of rotatable bonds is 7. The zero-order valence-corrected chi connectivity index (χ0v) is 21.2. The lowest BCUT2D eigenvalue weighted by atomic mass is 9.80. The number of carbonyl (C=O) groups is 1. The molecule has 0 spiro atoms. The van der Waals surface area contributed by atoms with Crippen LogP contribution in [0.1, 0.15) is 56.7 Å². The van der Waals surface area contributed by atoms with E-state index in [1.54, 1.807) is 37.7 Å². The molecule has 1 unspecified atom stereocenters. The van der Waals surface area contributed by atoms with Gasteiger partial charge in [-0.25, -0.2) is 4.79 Å². The second-order valence-corrected chi connectivity index (χ2v) is 10.9. The van der Waals surface area contributed by atoms with E-state index in [2.05, 4.69) is 12.1 Å². The molecule has 6 heteroatoms. The van der Waals surface area contributed by atoms with Crippen molar-refractivity contribution in [1.82, 2.24) is 9.47 Å². The summed E-state index contributed by atoms with van der Waals surface area (Å²) in [6, 6.07) is 21.5. The van der Waals surface area contributed by atoms with Crippen molar-refractivity contribution in [3.63, 3.8) is 0 Å². The van der Waals surface area contributed by atoms with E-state index in [0.29, 0.717) is 25.3 Å². The van der Waals surface area contributed by atoms with Crippen molar-refractivity contribution in [2.24, 2.45) is 13.0 Å². The van der Waals surface area contributed by atoms with E-state index in [0.717, 1.165) is 35.1 Å². The summed E-state index contributed by atoms with van der Waals surface area (Å²) in [6.45, 7) is 4.07. The van der Waals surface area contributed by atoms with E-state index < -0.39 is 11.2 Å². The normalized spacial score (nSPS) is 21.2. The number of carbonyl (C=O) groups excluding carboxylic acids is 1. The van der Waals surface area contributed by atoms with Gasteiger partial charge in [-0.15, -0.1) is 0 Å². The summed E-state index contributed by atoms with van der Waals surface area (Å²) in [4.78, 5) is 27.5. The highest BCUT2D eigenvalue weighted by Crippen LogP contribution is 2.48. The molecule has 1 aliphatic heterocycles. The van der Waals surface area contributed by atoms with Crippen molar-refractivity contribution in [1.29, 1.82) is 0 Å². The summed E-state index contributed by atoms with van der Waals surface area (Å²) < 4.78 is 7.79. The first-order valence-corrected chi connectivity index (χ1v) is 12.7. The fraction of sp³-hybridized carbons (Fsp3) is 0.400. The first-order chi connectivity index (χ1) is 17.2. The van der Waals surface area contributed by atoms with Gasteiger partial charge in [0.25, 0.3) is 5.56 Å². The Morgan fingerprint density at radius 2 is 1.72 bits per heavy atom. The first-order valence-electron chi connectivity index (χ1n) is 12.7. The molecule has 188 valence electrons. The van der Waals surface area contributed by atoms with Gasteiger partial charge in [-0.3, -0.25) is 4.79 Å². The van der Waals surface area contributed by atoms with Gasteiger partial charge in [-0.1, -0.05) is 54.6 Å². The van der Waals surface area contributed by atoms with Crippen LogP contribution in [0.4, 0.5) is 4.79 Å². The summed E-state index contributed by atoms with van der Waals surface area (Å²) in [5, 5.41) is 10.7. The predicted molar refractivity (Wildman–Crippen MR) is 139 cm³/mol. The van der Waals surface area contributed by atoms with E-state index in [-0.39, 0.29) is 17.7 Å². The van der Waals surface area contributed by atoms with Crippen LogP contribution in [-0.2, 0) is 17.4 Å². The Morgan fingerprint density at radius 3 is 2.31 bits per heavy atom. The lowest BCUT2D eigenvalue weighted by Gasteiger charge is -2.46. The number of benzene rings is 2. The molecular formula is C30H34N2O4. The molecular weight excluding hydrogens is 452 g/mol. The molecule has 2 atom stereocenters. The van der Waals surface area contributed by atoms with E-state index in [1.807, 2.05) is 53.4 Å². The Morgan fingerprint density at radius 1 is 1.03 bits per heavy atom. The third-order valence-electron chi connectivity index (χ3n) is 7.39. The van der Waals surface area contributed by atoms with Gasteiger partial charge >= 0.3 is 6.09 Å². The van der Waals surface area contributed by atoms with Gasteiger partial charge in [-0.05, 0) is 60.9 Å². The van der Waals surface area contributed by atoms with Gasteiger partial charge in [0.15, 0.2) is 0 Å². The minimum atomic E-state index is -0.984. The topological polar surface area (TPSA) is 71.8 Å². The van der Waals surface area contributed by atoms with E-state index >= 15 is 0 Å². The molecule has 2 aromatic carbocycles. The number of aryl methyl sites for hydroxylation is 1. The van der Waals surface area contributed by atoms with Gasteiger partial charge in [0.1, 0.15) is 5.60 Å². The summed E-state index contributed by atoms with van der Waals surface area (Å²) in [5.74, 6) is 0.408. The quantitative estimate of drug-likeness (QED) is 0.485. The molecule has 1 saturated carbocycles. The van der Waals surface area contributed by atoms with Crippen molar-refractivity contribution in [2.45, 2.75) is 56.8 Å². The van der Waals surface area contributed by atoms with Crippen molar-refractivity contribution in [3.05, 3.63) is 94.4 Å².